The third-order valence-electron chi connectivity index (χ3n) is 6.67. The molecule has 4 amide bonds. The van der Waals surface area contributed by atoms with Crippen LogP contribution in [0.5, 0.6) is 11.5 Å². The van der Waals surface area contributed by atoms with Crippen LogP contribution in [0.4, 0.5) is 0 Å². The number of benzene rings is 3. The summed E-state index contributed by atoms with van der Waals surface area (Å²) in [6.45, 7) is 0. The fourth-order valence-electron chi connectivity index (χ4n) is 4.34. The minimum atomic E-state index is -1.62. The smallest absolute Gasteiger partial charge is 0.326 e. The Balaban J connectivity index is 1.84. The molecule has 3 rings (SSSR count). The Morgan fingerprint density at radius 1 is 0.591 bits per heavy atom. The first kappa shape index (κ1) is 33.1. The number of nitrogens with one attached hydrogen (secondary N) is 3. The zero-order chi connectivity index (χ0) is 32.2. The summed E-state index contributed by atoms with van der Waals surface area (Å²) in [5.74, 6) is -4.68. The topological polar surface area (TPSA) is 234 Å². The summed E-state index contributed by atoms with van der Waals surface area (Å²) in [5, 5.41) is 36.1. The van der Waals surface area contributed by atoms with Gasteiger partial charge in [-0.1, -0.05) is 54.6 Å². The zero-order valence-electron chi connectivity index (χ0n) is 23.7. The molecular weight excluding hydrogens is 570 g/mol. The first-order valence-electron chi connectivity index (χ1n) is 13.7. The van der Waals surface area contributed by atoms with Crippen LogP contribution in [0.25, 0.3) is 0 Å². The standard InChI is InChI=1S/C31H35N5O8/c32-23(14-19-6-10-21(37)11-7-19)28(40)34-24(16-20-8-12-22(38)13-9-20)29(41)35-25(15-18-4-2-1-3-5-18)30(42)36-26(31(43)44)17-27(33)39/h1-13,23-26,37-38H,14-17,32H2,(H2,33,39)(H,34,40)(H,35,41)(H,36,42)(H,43,44). The molecule has 0 aliphatic heterocycles. The molecule has 0 heterocycles. The molecule has 0 spiro atoms. The number of aromatic hydroxyl groups is 2. The number of primary amides is 1. The molecule has 3 aromatic rings. The molecule has 13 heteroatoms. The van der Waals surface area contributed by atoms with Crippen LogP contribution in [0.1, 0.15) is 23.1 Å². The third-order valence-corrected chi connectivity index (χ3v) is 6.67. The van der Waals surface area contributed by atoms with Gasteiger partial charge in [0, 0.05) is 12.8 Å². The molecular formula is C31H35N5O8. The molecule has 0 radical (unpaired) electrons. The van der Waals surface area contributed by atoms with E-state index in [0.717, 1.165) is 0 Å². The van der Waals surface area contributed by atoms with E-state index in [1.165, 1.54) is 24.3 Å². The molecule has 0 fully saturated rings. The Morgan fingerprint density at radius 2 is 1.00 bits per heavy atom. The van der Waals surface area contributed by atoms with Crippen LogP contribution >= 0.6 is 0 Å². The minimum absolute atomic E-state index is 0.00162. The van der Waals surface area contributed by atoms with E-state index in [9.17, 15) is 39.3 Å². The van der Waals surface area contributed by atoms with Gasteiger partial charge < -0.3 is 42.7 Å². The van der Waals surface area contributed by atoms with Crippen molar-refractivity contribution in [2.45, 2.75) is 49.9 Å². The predicted molar refractivity (Wildman–Crippen MR) is 159 cm³/mol. The zero-order valence-corrected chi connectivity index (χ0v) is 23.7. The second-order valence-electron chi connectivity index (χ2n) is 10.2. The van der Waals surface area contributed by atoms with Gasteiger partial charge in [0.25, 0.3) is 0 Å². The van der Waals surface area contributed by atoms with E-state index in [1.807, 2.05) is 0 Å². The third kappa shape index (κ3) is 10.4. The van der Waals surface area contributed by atoms with Crippen LogP contribution in [0.15, 0.2) is 78.9 Å². The Morgan fingerprint density at radius 3 is 1.45 bits per heavy atom. The SMILES string of the molecule is NC(=O)CC(NC(=O)C(Cc1ccccc1)NC(=O)C(Cc1ccc(O)cc1)NC(=O)C(N)Cc1ccc(O)cc1)C(=O)O. The number of hydrogen-bond donors (Lipinski definition) is 8. The second-order valence-corrected chi connectivity index (χ2v) is 10.2. The lowest BCUT2D eigenvalue weighted by atomic mass is 10.0. The number of carbonyl (C=O) groups excluding carboxylic acids is 4. The van der Waals surface area contributed by atoms with E-state index >= 15 is 0 Å². The van der Waals surface area contributed by atoms with Gasteiger partial charge in [0.15, 0.2) is 0 Å². The van der Waals surface area contributed by atoms with Crippen molar-refractivity contribution in [2.24, 2.45) is 11.5 Å². The van der Waals surface area contributed by atoms with Gasteiger partial charge >= 0.3 is 5.97 Å². The van der Waals surface area contributed by atoms with E-state index in [2.05, 4.69) is 16.0 Å². The molecule has 44 heavy (non-hydrogen) atoms. The van der Waals surface area contributed by atoms with Gasteiger partial charge in [-0.2, -0.15) is 0 Å². The van der Waals surface area contributed by atoms with E-state index in [-0.39, 0.29) is 30.8 Å². The van der Waals surface area contributed by atoms with Gasteiger partial charge in [0.1, 0.15) is 29.6 Å². The first-order valence-corrected chi connectivity index (χ1v) is 13.7. The van der Waals surface area contributed by atoms with Crippen molar-refractivity contribution in [3.63, 3.8) is 0 Å². The summed E-state index contributed by atoms with van der Waals surface area (Å²) in [4.78, 5) is 63.0. The highest BCUT2D eigenvalue weighted by molar-refractivity contribution is 5.95. The Labute approximate surface area is 253 Å². The summed E-state index contributed by atoms with van der Waals surface area (Å²) in [7, 11) is 0. The average molecular weight is 606 g/mol. The van der Waals surface area contributed by atoms with Crippen molar-refractivity contribution < 1.29 is 39.3 Å². The van der Waals surface area contributed by atoms with Crippen molar-refractivity contribution in [3.8, 4) is 11.5 Å². The van der Waals surface area contributed by atoms with Crippen molar-refractivity contribution in [2.75, 3.05) is 0 Å². The monoisotopic (exact) mass is 605 g/mol. The van der Waals surface area contributed by atoms with Crippen molar-refractivity contribution >= 4 is 29.6 Å². The highest BCUT2D eigenvalue weighted by Crippen LogP contribution is 2.14. The Kier molecular flexibility index (Phi) is 11.8. The molecule has 0 aliphatic carbocycles. The lowest BCUT2D eigenvalue weighted by molar-refractivity contribution is -0.143. The minimum Gasteiger partial charge on any atom is -0.508 e. The largest absolute Gasteiger partial charge is 0.508 e. The lowest BCUT2D eigenvalue weighted by Gasteiger charge is -2.25. The quantitative estimate of drug-likeness (QED) is 0.115. The van der Waals surface area contributed by atoms with E-state index in [0.29, 0.717) is 16.7 Å². The highest BCUT2D eigenvalue weighted by atomic mass is 16.4. The second kappa shape index (κ2) is 15.7. The van der Waals surface area contributed by atoms with Gasteiger partial charge in [0.2, 0.25) is 23.6 Å². The number of carbonyl (C=O) groups is 5. The summed E-state index contributed by atoms with van der Waals surface area (Å²) in [5.41, 5.74) is 13.2. The molecule has 4 atom stereocenters. The number of phenolic OH excluding ortho intramolecular Hbond substituents is 2. The van der Waals surface area contributed by atoms with Crippen LogP contribution in [0, 0.1) is 0 Å². The number of hydrogen-bond acceptors (Lipinski definition) is 8. The number of phenols is 2. The molecule has 3 aromatic carbocycles. The molecule has 4 unspecified atom stereocenters. The van der Waals surface area contributed by atoms with Gasteiger partial charge in [-0.25, -0.2) is 4.79 Å². The maximum absolute atomic E-state index is 13.7. The van der Waals surface area contributed by atoms with Crippen LogP contribution in [-0.4, -0.2) is 69.1 Å². The predicted octanol–water partition coefficient (Wildman–Crippen LogP) is -0.133. The van der Waals surface area contributed by atoms with E-state index in [1.54, 1.807) is 54.6 Å². The van der Waals surface area contributed by atoms with Crippen LogP contribution in [-0.2, 0) is 43.2 Å². The molecule has 0 aliphatic rings. The van der Waals surface area contributed by atoms with Crippen LogP contribution in [0.3, 0.4) is 0 Å². The van der Waals surface area contributed by atoms with E-state index < -0.39 is 60.2 Å². The summed E-state index contributed by atoms with van der Waals surface area (Å²) < 4.78 is 0. The summed E-state index contributed by atoms with van der Waals surface area (Å²) in [6.07, 6.45) is -0.634. The molecule has 0 saturated carbocycles. The summed E-state index contributed by atoms with van der Waals surface area (Å²) >= 11 is 0. The number of rotatable bonds is 15. The molecule has 10 N–H and O–H groups in total. The average Bonchev–Trinajstić information content (AvgIpc) is 2.98. The Bertz CT molecular complexity index is 1450. The number of aliphatic carboxylic acids is 1. The maximum atomic E-state index is 13.7. The molecule has 0 bridgehead atoms. The molecule has 13 nitrogen and oxygen atoms in total. The van der Waals surface area contributed by atoms with Crippen LogP contribution in [0.2, 0.25) is 0 Å². The maximum Gasteiger partial charge on any atom is 0.326 e. The van der Waals surface area contributed by atoms with Crippen molar-refractivity contribution in [1.82, 2.24) is 16.0 Å². The van der Waals surface area contributed by atoms with Gasteiger partial charge in [0.05, 0.1) is 12.5 Å². The molecule has 0 aromatic heterocycles. The first-order chi connectivity index (χ1) is 20.9. The number of carboxylic acid groups (broad SMARTS) is 1. The fourth-order valence-corrected chi connectivity index (χ4v) is 4.34. The molecule has 0 saturated heterocycles. The number of amides is 4. The fraction of sp³-hybridized carbons (Fsp3) is 0.258. The van der Waals surface area contributed by atoms with Gasteiger partial charge in [-0.05, 0) is 47.4 Å². The van der Waals surface area contributed by atoms with Crippen LogP contribution < -0.4 is 27.4 Å². The lowest BCUT2D eigenvalue weighted by Crippen LogP contribution is -2.58. The van der Waals surface area contributed by atoms with Crippen molar-refractivity contribution in [1.29, 1.82) is 0 Å². The van der Waals surface area contributed by atoms with Gasteiger partial charge in [-0.3, -0.25) is 19.2 Å². The highest BCUT2D eigenvalue weighted by Gasteiger charge is 2.31. The van der Waals surface area contributed by atoms with Crippen molar-refractivity contribution in [3.05, 3.63) is 95.6 Å². The number of carboxylic acids is 1. The summed E-state index contributed by atoms with van der Waals surface area (Å²) in [6, 6.07) is 15.5. The molecule has 232 valence electrons. The Hall–Kier alpha value is -5.43. The van der Waals surface area contributed by atoms with Gasteiger partial charge in [-0.15, -0.1) is 0 Å². The number of nitrogens with two attached hydrogens (primary N) is 2. The normalized spacial score (nSPS) is 13.5. The van der Waals surface area contributed by atoms with E-state index in [4.69, 9.17) is 11.5 Å².